The molecule has 1 unspecified atom stereocenters. The lowest BCUT2D eigenvalue weighted by Gasteiger charge is -2.29. The summed E-state index contributed by atoms with van der Waals surface area (Å²) < 4.78 is 132. The molecule has 0 radical (unpaired) electrons. The topological polar surface area (TPSA) is 112 Å². The Kier molecular flexibility index (Phi) is 10.7. The largest absolute Gasteiger partial charge is 0.360 e. The predicted octanol–water partition coefficient (Wildman–Crippen LogP) is 7.96. The van der Waals surface area contributed by atoms with Gasteiger partial charge >= 0.3 is 0 Å². The van der Waals surface area contributed by atoms with Crippen LogP contribution in [-0.4, -0.2) is 64.0 Å². The zero-order valence-electron chi connectivity index (χ0n) is 28.5. The van der Waals surface area contributed by atoms with Crippen molar-refractivity contribution in [3.05, 3.63) is 93.7 Å². The molecule has 1 amide bonds. The first-order chi connectivity index (χ1) is 25.4. The number of halogens is 9. The minimum absolute atomic E-state index is 0.000765. The van der Waals surface area contributed by atoms with Crippen molar-refractivity contribution in [1.29, 1.82) is 5.41 Å². The lowest BCUT2D eigenvalue weighted by Crippen LogP contribution is -2.37. The van der Waals surface area contributed by atoms with Crippen molar-refractivity contribution in [2.45, 2.75) is 50.1 Å². The second kappa shape index (κ2) is 15.0. The molecule has 0 fully saturated rings. The number of likely N-dealkylation sites (N-methyl/N-ethyl adjacent to an activating group) is 1. The van der Waals surface area contributed by atoms with E-state index in [0.29, 0.717) is 34.6 Å². The van der Waals surface area contributed by atoms with Crippen LogP contribution in [0.5, 0.6) is 0 Å². The Morgan fingerprint density at radius 3 is 2.37 bits per heavy atom. The molecule has 9 nitrogen and oxygen atoms in total. The van der Waals surface area contributed by atoms with Gasteiger partial charge in [-0.1, -0.05) is 17.4 Å². The van der Waals surface area contributed by atoms with E-state index < -0.39 is 90.4 Å². The first-order valence-electron chi connectivity index (χ1n) is 16.4. The van der Waals surface area contributed by atoms with E-state index in [4.69, 9.17) is 5.41 Å². The molecule has 5 aromatic rings. The highest BCUT2D eigenvalue weighted by Crippen LogP contribution is 2.52. The van der Waals surface area contributed by atoms with E-state index >= 15 is 8.78 Å². The predicted molar refractivity (Wildman–Crippen MR) is 183 cm³/mol. The van der Waals surface area contributed by atoms with Gasteiger partial charge in [0.05, 0.1) is 22.0 Å². The normalized spacial score (nSPS) is 15.4. The van der Waals surface area contributed by atoms with Gasteiger partial charge in [0, 0.05) is 49.3 Å². The van der Waals surface area contributed by atoms with E-state index in [9.17, 15) is 35.5 Å². The maximum absolute atomic E-state index is 15.1. The number of carbonyl (C=O) groups excluding carboxylic acids is 1. The quantitative estimate of drug-likeness (QED) is 0.0826. The number of hydrogen-bond donors (Lipinski definition) is 3. The molecule has 0 aliphatic heterocycles. The van der Waals surface area contributed by atoms with Crippen LogP contribution >= 0.6 is 11.3 Å². The molecule has 1 aliphatic carbocycles. The van der Waals surface area contributed by atoms with Gasteiger partial charge in [0.2, 0.25) is 5.91 Å². The highest BCUT2D eigenvalue weighted by atomic mass is 32.1. The summed E-state index contributed by atoms with van der Waals surface area (Å²) in [6, 6.07) is 6.61. The maximum atomic E-state index is 15.1. The van der Waals surface area contributed by atoms with Crippen molar-refractivity contribution in [1.82, 2.24) is 30.0 Å². The molecular formula is C35H31F9N8OS. The van der Waals surface area contributed by atoms with E-state index in [2.05, 4.69) is 25.7 Å². The lowest BCUT2D eigenvalue weighted by atomic mass is 9.89. The molecule has 286 valence electrons. The Hall–Kier alpha value is -5.04. The number of nitrogens with zero attached hydrogens (tertiary/aromatic N) is 5. The van der Waals surface area contributed by atoms with Crippen molar-refractivity contribution in [2.75, 3.05) is 32.5 Å². The molecule has 0 spiro atoms. The number of rotatable bonds is 13. The summed E-state index contributed by atoms with van der Waals surface area (Å²) in [6.07, 6.45) is -6.09. The van der Waals surface area contributed by atoms with Gasteiger partial charge < -0.3 is 20.9 Å². The lowest BCUT2D eigenvalue weighted by molar-refractivity contribution is -0.123. The smallest absolute Gasteiger partial charge is 0.290 e. The van der Waals surface area contributed by atoms with Crippen LogP contribution in [-0.2, 0) is 29.6 Å². The van der Waals surface area contributed by atoms with Crippen molar-refractivity contribution in [3.63, 3.8) is 0 Å². The van der Waals surface area contributed by atoms with E-state index in [1.54, 1.807) is 6.07 Å². The van der Waals surface area contributed by atoms with Crippen LogP contribution < -0.4 is 10.6 Å². The van der Waals surface area contributed by atoms with Crippen LogP contribution in [0.25, 0.3) is 21.5 Å². The SMILES string of the molecule is CN(C)CCNc1nc2nc(C(Cc3cc(F)cc(F)c3)NC(=O)Cn3nc(C(F)F)c4c3C(F)(F)CCC4(F)F)c(-c3ccc(F)c(C=N)c3)cc2s1. The highest BCUT2D eigenvalue weighted by Gasteiger charge is 2.55. The highest BCUT2D eigenvalue weighted by molar-refractivity contribution is 7.22. The number of anilines is 1. The fourth-order valence-electron chi connectivity index (χ4n) is 6.25. The molecule has 6 rings (SSSR count). The minimum atomic E-state index is -4.08. The molecular weight excluding hydrogens is 751 g/mol. The molecule has 19 heteroatoms. The van der Waals surface area contributed by atoms with Crippen LogP contribution in [0, 0.1) is 22.9 Å². The second-order valence-electron chi connectivity index (χ2n) is 13.0. The van der Waals surface area contributed by atoms with Gasteiger partial charge in [-0.2, -0.15) is 13.9 Å². The van der Waals surface area contributed by atoms with Crippen LogP contribution in [0.15, 0.2) is 42.5 Å². The van der Waals surface area contributed by atoms with Gasteiger partial charge in [0.15, 0.2) is 10.8 Å². The monoisotopic (exact) mass is 782 g/mol. The Bertz CT molecular complexity index is 2200. The van der Waals surface area contributed by atoms with Crippen LogP contribution in [0.2, 0.25) is 0 Å². The molecule has 0 saturated carbocycles. The summed E-state index contributed by atoms with van der Waals surface area (Å²) >= 11 is 1.22. The third-order valence-corrected chi connectivity index (χ3v) is 9.63. The zero-order chi connectivity index (χ0) is 39.1. The standard InChI is InChI=1S/C35H31F9N8OS/c1-51(2)8-7-46-33-49-32-25(54-33)14-22(18-3-4-23(38)19(12-18)15-45)28(48-32)24(11-17-9-20(36)13-21(37)10-17)47-26(53)16-52-30-27(29(50-52)31(39)40)34(41,42)5-6-35(30,43)44/h3-4,9-10,12-15,24,31,45H,5-8,11,16H2,1-2H3,(H,47,53)(H,46,48,49). The molecule has 3 N–H and O–H groups in total. The number of nitrogens with one attached hydrogen (secondary N) is 3. The Balaban J connectivity index is 1.47. The van der Waals surface area contributed by atoms with Gasteiger partial charge in [-0.05, 0) is 62.0 Å². The summed E-state index contributed by atoms with van der Waals surface area (Å²) in [7, 11) is 3.76. The van der Waals surface area contributed by atoms with Crippen LogP contribution in [0.1, 0.15) is 59.1 Å². The average molecular weight is 783 g/mol. The molecule has 0 saturated heterocycles. The molecule has 3 aromatic heterocycles. The van der Waals surface area contributed by atoms with E-state index in [1.165, 1.54) is 23.5 Å². The van der Waals surface area contributed by atoms with Gasteiger partial charge in [0.1, 0.15) is 35.4 Å². The van der Waals surface area contributed by atoms with Gasteiger partial charge in [-0.15, -0.1) is 0 Å². The van der Waals surface area contributed by atoms with Crippen molar-refractivity contribution in [2.24, 2.45) is 0 Å². The fourth-order valence-corrected chi connectivity index (χ4v) is 7.13. The summed E-state index contributed by atoms with van der Waals surface area (Å²) in [4.78, 5) is 24.9. The molecule has 1 aliphatic rings. The number of pyridine rings is 1. The third-order valence-electron chi connectivity index (χ3n) is 8.68. The average Bonchev–Trinajstić information content (AvgIpc) is 3.68. The van der Waals surface area contributed by atoms with Crippen molar-refractivity contribution < 1.29 is 44.3 Å². The molecule has 0 bridgehead atoms. The first-order valence-corrected chi connectivity index (χ1v) is 17.2. The third kappa shape index (κ3) is 8.06. The number of thiazole rings is 1. The van der Waals surface area contributed by atoms with Crippen LogP contribution in [0.3, 0.4) is 0 Å². The van der Waals surface area contributed by atoms with E-state index in [1.807, 2.05) is 19.0 Å². The second-order valence-corrected chi connectivity index (χ2v) is 14.0. The Morgan fingerprint density at radius 2 is 1.70 bits per heavy atom. The Morgan fingerprint density at radius 1 is 1.00 bits per heavy atom. The summed E-state index contributed by atoms with van der Waals surface area (Å²) in [5.74, 6) is -11.9. The zero-order valence-corrected chi connectivity index (χ0v) is 29.3. The molecule has 2 aromatic carbocycles. The number of benzene rings is 2. The van der Waals surface area contributed by atoms with Gasteiger partial charge in [-0.3, -0.25) is 9.48 Å². The summed E-state index contributed by atoms with van der Waals surface area (Å²) in [5, 5.41) is 17.2. The number of hydrogen-bond acceptors (Lipinski definition) is 8. The molecule has 54 heavy (non-hydrogen) atoms. The van der Waals surface area contributed by atoms with Crippen molar-refractivity contribution in [3.8, 4) is 11.1 Å². The maximum Gasteiger partial charge on any atom is 0.290 e. The molecule has 1 atom stereocenters. The summed E-state index contributed by atoms with van der Waals surface area (Å²) in [6.45, 7) is -0.0637. The number of carbonyl (C=O) groups is 1. The minimum Gasteiger partial charge on any atom is -0.360 e. The molecule has 3 heterocycles. The van der Waals surface area contributed by atoms with Gasteiger partial charge in [0.25, 0.3) is 18.3 Å². The number of amides is 1. The summed E-state index contributed by atoms with van der Waals surface area (Å²) in [5.41, 5.74) is -4.15. The fraction of sp³-hybridized carbons (Fsp3) is 0.343. The Labute approximate surface area is 305 Å². The number of aromatic nitrogens is 4. The first kappa shape index (κ1) is 38.7. The van der Waals surface area contributed by atoms with Gasteiger partial charge in [-0.25, -0.2) is 40.7 Å². The van der Waals surface area contributed by atoms with Crippen molar-refractivity contribution >= 4 is 38.9 Å². The van der Waals surface area contributed by atoms with E-state index in [-0.39, 0.29) is 32.7 Å². The number of fused-ring (bicyclic) bond motifs is 2. The van der Waals surface area contributed by atoms with E-state index in [0.717, 1.165) is 24.4 Å². The van der Waals surface area contributed by atoms with Crippen LogP contribution in [0.4, 0.5) is 44.6 Å². The number of alkyl halides is 6.